The number of aliphatic hydroxyl groups excluding tert-OH is 3. The van der Waals surface area contributed by atoms with E-state index in [2.05, 4.69) is 0 Å². The number of ketones is 3. The van der Waals surface area contributed by atoms with Crippen molar-refractivity contribution in [2.24, 2.45) is 0 Å². The van der Waals surface area contributed by atoms with Crippen molar-refractivity contribution in [2.45, 2.75) is 20.8 Å². The largest absolute Gasteiger partial charge is 0.512 e. The van der Waals surface area contributed by atoms with Gasteiger partial charge in [0.2, 0.25) is 0 Å². The predicted molar refractivity (Wildman–Crippen MR) is 141 cm³/mol. The number of hydrogen-bond acceptors (Lipinski definition) is 6. The monoisotopic (exact) mass is 638 g/mol. The zero-order valence-corrected chi connectivity index (χ0v) is 23.5. The molecule has 0 unspecified atom stereocenters. The zero-order chi connectivity index (χ0) is 26.9. The van der Waals surface area contributed by atoms with Crippen molar-refractivity contribution in [1.82, 2.24) is 0 Å². The number of allylic oxidation sites excluding steroid dienone is 6. The molecule has 0 atom stereocenters. The van der Waals surface area contributed by atoms with Gasteiger partial charge in [0.1, 0.15) is 0 Å². The van der Waals surface area contributed by atoms with Crippen LogP contribution in [0.25, 0.3) is 0 Å². The summed E-state index contributed by atoms with van der Waals surface area (Å²) in [7, 11) is 0. The number of aliphatic hydroxyl groups is 3. The summed E-state index contributed by atoms with van der Waals surface area (Å²) in [6.45, 7) is 4.42. The van der Waals surface area contributed by atoms with Gasteiger partial charge in [-0.3, -0.25) is 14.4 Å². The SMILES string of the molecule is C/C(O)=C/C(=O)c1ccccc1.C/C(O)=C/C(=O)c1ccccc1.C/C(O)=C/C(=O)c1ccccc1.[Sm]. The van der Waals surface area contributed by atoms with Crippen LogP contribution < -0.4 is 0 Å². The van der Waals surface area contributed by atoms with Gasteiger partial charge in [-0.1, -0.05) is 91.0 Å². The normalized spacial score (nSPS) is 10.9. The molecule has 0 spiro atoms. The number of benzene rings is 3. The molecule has 0 radical (unpaired) electrons. The Hall–Kier alpha value is -3.37. The van der Waals surface area contributed by atoms with E-state index in [9.17, 15) is 14.4 Å². The first kappa shape index (κ1) is 33.6. The molecule has 0 saturated heterocycles. The van der Waals surface area contributed by atoms with Gasteiger partial charge < -0.3 is 15.3 Å². The van der Waals surface area contributed by atoms with Crippen molar-refractivity contribution in [3.05, 3.63) is 143 Å². The Kier molecular flexibility index (Phi) is 17.1. The second-order valence-electron chi connectivity index (χ2n) is 7.55. The van der Waals surface area contributed by atoms with E-state index < -0.39 is 0 Å². The van der Waals surface area contributed by atoms with Gasteiger partial charge in [-0.15, -0.1) is 0 Å². The summed E-state index contributed by atoms with van der Waals surface area (Å²) in [6, 6.07) is 26.5. The van der Waals surface area contributed by atoms with E-state index in [0.717, 1.165) is 0 Å². The first-order valence-corrected chi connectivity index (χ1v) is 11.0. The average molecular weight is 637 g/mol. The minimum atomic E-state index is -0.171. The molecule has 192 valence electrons. The second kappa shape index (κ2) is 18.8. The topological polar surface area (TPSA) is 112 Å². The van der Waals surface area contributed by atoms with Gasteiger partial charge in [0, 0.05) is 75.3 Å². The van der Waals surface area contributed by atoms with Crippen molar-refractivity contribution in [1.29, 1.82) is 0 Å². The molecule has 0 aliphatic heterocycles. The molecule has 3 aromatic carbocycles. The molecular weight excluding hydrogens is 607 g/mol. The predicted octanol–water partition coefficient (Wildman–Crippen LogP) is 6.99. The third-order valence-electron chi connectivity index (χ3n) is 4.19. The number of carbonyl (C=O) groups is 3. The molecule has 0 fully saturated rings. The van der Waals surface area contributed by atoms with Crippen molar-refractivity contribution in [3.8, 4) is 0 Å². The van der Waals surface area contributed by atoms with Crippen molar-refractivity contribution >= 4 is 17.3 Å². The molecule has 3 aromatic rings. The average Bonchev–Trinajstić information content (AvgIpc) is 2.85. The Balaban J connectivity index is 0.000000518. The zero-order valence-electron chi connectivity index (χ0n) is 20.9. The van der Waals surface area contributed by atoms with Crippen LogP contribution in [-0.4, -0.2) is 32.7 Å². The fourth-order valence-corrected chi connectivity index (χ4v) is 2.63. The molecule has 0 heterocycles. The molecule has 6 nitrogen and oxygen atoms in total. The molecule has 0 bridgehead atoms. The van der Waals surface area contributed by atoms with Crippen LogP contribution in [0.1, 0.15) is 51.8 Å². The smallest absolute Gasteiger partial charge is 0.189 e. The summed E-state index contributed by atoms with van der Waals surface area (Å²) in [4.78, 5) is 33.7. The van der Waals surface area contributed by atoms with Gasteiger partial charge in [-0.05, 0) is 20.8 Å². The molecule has 37 heavy (non-hydrogen) atoms. The van der Waals surface area contributed by atoms with Crippen LogP contribution in [0.4, 0.5) is 0 Å². The summed E-state index contributed by atoms with van der Waals surface area (Å²) in [5.74, 6) is -0.418. The van der Waals surface area contributed by atoms with Crippen LogP contribution in [0.5, 0.6) is 0 Å². The van der Waals surface area contributed by atoms with E-state index in [0.29, 0.717) is 16.7 Å². The molecule has 0 amide bonds. The van der Waals surface area contributed by atoms with Crippen LogP contribution >= 0.6 is 0 Å². The van der Waals surface area contributed by atoms with Crippen molar-refractivity contribution < 1.29 is 70.1 Å². The van der Waals surface area contributed by atoms with E-state index in [1.165, 1.54) is 39.0 Å². The standard InChI is InChI=1S/3C10H10O2.Sm/c3*1-8(11)7-10(12)9-5-3-2-4-6-9;/h3*2-7,11H,1H3;/b3*8-7-;. The van der Waals surface area contributed by atoms with Gasteiger partial charge >= 0.3 is 0 Å². The Morgan fingerprint density at radius 1 is 0.459 bits per heavy atom. The van der Waals surface area contributed by atoms with Gasteiger partial charge in [-0.25, -0.2) is 0 Å². The molecule has 0 saturated carbocycles. The van der Waals surface area contributed by atoms with Crippen molar-refractivity contribution in [2.75, 3.05) is 0 Å². The van der Waals surface area contributed by atoms with E-state index >= 15 is 0 Å². The van der Waals surface area contributed by atoms with Gasteiger partial charge in [0.25, 0.3) is 0 Å². The minimum Gasteiger partial charge on any atom is -0.512 e. The van der Waals surface area contributed by atoms with E-state index in [1.54, 1.807) is 72.8 Å². The summed E-state index contributed by atoms with van der Waals surface area (Å²) >= 11 is 0. The fourth-order valence-electron chi connectivity index (χ4n) is 2.63. The maximum absolute atomic E-state index is 11.2. The maximum atomic E-state index is 11.2. The Morgan fingerprint density at radius 3 is 0.811 bits per heavy atom. The van der Waals surface area contributed by atoms with E-state index in [4.69, 9.17) is 15.3 Å². The minimum absolute atomic E-state index is 0. The number of hydrogen-bond donors (Lipinski definition) is 3. The third-order valence-corrected chi connectivity index (χ3v) is 4.19. The number of carbonyl (C=O) groups excluding carboxylic acids is 3. The maximum Gasteiger partial charge on any atom is 0.189 e. The van der Waals surface area contributed by atoms with Crippen LogP contribution in [0, 0.1) is 40.4 Å². The Morgan fingerprint density at radius 2 is 0.649 bits per heavy atom. The van der Waals surface area contributed by atoms with Crippen LogP contribution in [0.2, 0.25) is 0 Å². The molecule has 0 aliphatic carbocycles. The summed E-state index contributed by atoms with van der Waals surface area (Å²) in [5, 5.41) is 26.5. The molecule has 0 aromatic heterocycles. The summed E-state index contributed by atoms with van der Waals surface area (Å²) in [5.41, 5.74) is 1.77. The molecule has 0 aliphatic rings. The quantitative estimate of drug-likeness (QED) is 0.153. The molecule has 3 N–H and O–H groups in total. The summed E-state index contributed by atoms with van der Waals surface area (Å²) < 4.78 is 0. The fraction of sp³-hybridized carbons (Fsp3) is 0.100. The van der Waals surface area contributed by atoms with Gasteiger partial charge in [0.05, 0.1) is 17.3 Å². The Bertz CT molecular complexity index is 1050. The number of rotatable bonds is 6. The van der Waals surface area contributed by atoms with Gasteiger partial charge in [0.15, 0.2) is 17.3 Å². The van der Waals surface area contributed by atoms with Crippen LogP contribution in [0.3, 0.4) is 0 Å². The molecular formula is C30H30O6Sm. The first-order valence-electron chi connectivity index (χ1n) is 11.0. The first-order chi connectivity index (χ1) is 17.1. The second-order valence-corrected chi connectivity index (χ2v) is 7.55. The molecule has 3 rings (SSSR count). The Labute approximate surface area is 249 Å². The third kappa shape index (κ3) is 15.4. The van der Waals surface area contributed by atoms with Crippen LogP contribution in [-0.2, 0) is 0 Å². The van der Waals surface area contributed by atoms with E-state index in [-0.39, 0.29) is 75.0 Å². The van der Waals surface area contributed by atoms with Gasteiger partial charge in [-0.2, -0.15) is 0 Å². The summed E-state index contributed by atoms with van der Waals surface area (Å²) in [6.07, 6.45) is 3.61. The van der Waals surface area contributed by atoms with Crippen LogP contribution in [0.15, 0.2) is 127 Å². The van der Waals surface area contributed by atoms with Crippen molar-refractivity contribution in [3.63, 3.8) is 0 Å². The molecule has 7 heteroatoms. The van der Waals surface area contributed by atoms with E-state index in [1.807, 2.05) is 18.2 Å².